The minimum absolute atomic E-state index is 0.445. The summed E-state index contributed by atoms with van der Waals surface area (Å²) in [5.41, 5.74) is 9.82. The molecule has 2 N–H and O–H groups in total. The zero-order chi connectivity index (χ0) is 11.1. The molecule has 4 heteroatoms. The average molecular weight is 217 g/mol. The van der Waals surface area contributed by atoms with Crippen molar-refractivity contribution in [2.75, 3.05) is 18.9 Å². The molecule has 0 spiro atoms. The Kier molecular flexibility index (Phi) is 2.11. The van der Waals surface area contributed by atoms with Gasteiger partial charge >= 0.3 is 0 Å². The molecule has 0 aliphatic carbocycles. The first-order valence-electron chi connectivity index (χ1n) is 5.56. The van der Waals surface area contributed by atoms with Crippen LogP contribution in [-0.2, 0) is 4.74 Å². The van der Waals surface area contributed by atoms with Crippen LogP contribution in [-0.4, -0.2) is 22.6 Å². The Morgan fingerprint density at radius 1 is 1.50 bits per heavy atom. The van der Waals surface area contributed by atoms with E-state index in [9.17, 15) is 0 Å². The van der Waals surface area contributed by atoms with E-state index in [1.54, 1.807) is 0 Å². The van der Waals surface area contributed by atoms with Gasteiger partial charge in [0.1, 0.15) is 5.65 Å². The Morgan fingerprint density at radius 2 is 2.38 bits per heavy atom. The van der Waals surface area contributed by atoms with Gasteiger partial charge in [-0.05, 0) is 25.0 Å². The van der Waals surface area contributed by atoms with Crippen molar-refractivity contribution in [3.63, 3.8) is 0 Å². The number of fused-ring (bicyclic) bond motifs is 1. The molecule has 3 rings (SSSR count). The summed E-state index contributed by atoms with van der Waals surface area (Å²) >= 11 is 0. The third-order valence-electron chi connectivity index (χ3n) is 3.12. The van der Waals surface area contributed by atoms with Gasteiger partial charge in [-0.25, -0.2) is 4.98 Å². The quantitative estimate of drug-likeness (QED) is 0.791. The number of ether oxygens (including phenoxy) is 1. The first-order chi connectivity index (χ1) is 7.74. The third kappa shape index (κ3) is 1.46. The molecule has 1 saturated heterocycles. The normalized spacial score (nSPS) is 20.7. The van der Waals surface area contributed by atoms with Gasteiger partial charge in [0.15, 0.2) is 0 Å². The zero-order valence-corrected chi connectivity index (χ0v) is 9.31. The molecule has 1 unspecified atom stereocenters. The monoisotopic (exact) mass is 217 g/mol. The number of hydrogen-bond donors (Lipinski definition) is 1. The SMILES string of the molecule is Cc1cc(N)cn2cc(C3CCOC3)nc12. The van der Waals surface area contributed by atoms with Crippen LogP contribution in [0.3, 0.4) is 0 Å². The lowest BCUT2D eigenvalue weighted by Crippen LogP contribution is -1.97. The van der Waals surface area contributed by atoms with E-state index in [2.05, 4.69) is 11.2 Å². The summed E-state index contributed by atoms with van der Waals surface area (Å²) in [6, 6.07) is 1.96. The summed E-state index contributed by atoms with van der Waals surface area (Å²) in [6.07, 6.45) is 5.05. The third-order valence-corrected chi connectivity index (χ3v) is 3.12. The van der Waals surface area contributed by atoms with Gasteiger partial charge in [-0.3, -0.25) is 0 Å². The van der Waals surface area contributed by atoms with Crippen molar-refractivity contribution in [3.8, 4) is 0 Å². The number of nitrogen functional groups attached to an aromatic ring is 1. The number of aryl methyl sites for hydroxylation is 1. The molecular weight excluding hydrogens is 202 g/mol. The highest BCUT2D eigenvalue weighted by Crippen LogP contribution is 2.25. The standard InChI is InChI=1S/C12H15N3O/c1-8-4-10(13)5-15-6-11(14-12(8)15)9-2-3-16-7-9/h4-6,9H,2-3,7,13H2,1H3. The van der Waals surface area contributed by atoms with Gasteiger partial charge in [0.25, 0.3) is 0 Å². The number of nitrogens with two attached hydrogens (primary N) is 1. The van der Waals surface area contributed by atoms with Crippen LogP contribution in [0.4, 0.5) is 5.69 Å². The first kappa shape index (κ1) is 9.66. The molecule has 4 nitrogen and oxygen atoms in total. The maximum atomic E-state index is 5.81. The van der Waals surface area contributed by atoms with Gasteiger partial charge in [-0.2, -0.15) is 0 Å². The highest BCUT2D eigenvalue weighted by Gasteiger charge is 2.20. The van der Waals surface area contributed by atoms with Crippen LogP contribution in [0.15, 0.2) is 18.5 Å². The van der Waals surface area contributed by atoms with Crippen LogP contribution in [0.25, 0.3) is 5.65 Å². The van der Waals surface area contributed by atoms with Crippen molar-refractivity contribution in [1.29, 1.82) is 0 Å². The lowest BCUT2D eigenvalue weighted by Gasteiger charge is -2.00. The predicted octanol–water partition coefficient (Wildman–Crippen LogP) is 1.73. The Bertz CT molecular complexity index is 526. The highest BCUT2D eigenvalue weighted by molar-refractivity contribution is 5.55. The van der Waals surface area contributed by atoms with Crippen LogP contribution < -0.4 is 5.73 Å². The summed E-state index contributed by atoms with van der Waals surface area (Å²) in [5, 5.41) is 0. The van der Waals surface area contributed by atoms with Gasteiger partial charge in [0.2, 0.25) is 0 Å². The van der Waals surface area contributed by atoms with Crippen LogP contribution >= 0.6 is 0 Å². The van der Waals surface area contributed by atoms with E-state index in [1.807, 2.05) is 23.6 Å². The molecular formula is C12H15N3O. The maximum Gasteiger partial charge on any atom is 0.140 e. The molecule has 1 aliphatic heterocycles. The van der Waals surface area contributed by atoms with Crippen molar-refractivity contribution in [3.05, 3.63) is 29.7 Å². The molecule has 16 heavy (non-hydrogen) atoms. The number of nitrogens with zero attached hydrogens (tertiary/aromatic N) is 2. The fourth-order valence-corrected chi connectivity index (χ4v) is 2.28. The number of rotatable bonds is 1. The Hall–Kier alpha value is -1.55. The van der Waals surface area contributed by atoms with E-state index >= 15 is 0 Å². The Labute approximate surface area is 94.0 Å². The number of aromatic nitrogens is 2. The van der Waals surface area contributed by atoms with Crippen LogP contribution in [0.2, 0.25) is 0 Å². The molecule has 0 bridgehead atoms. The second-order valence-corrected chi connectivity index (χ2v) is 4.41. The molecule has 0 saturated carbocycles. The molecule has 2 aromatic heterocycles. The lowest BCUT2D eigenvalue weighted by atomic mass is 10.1. The topological polar surface area (TPSA) is 52.5 Å². The van der Waals surface area contributed by atoms with Crippen LogP contribution in [0.1, 0.15) is 23.6 Å². The molecule has 1 atom stereocenters. The molecule has 1 fully saturated rings. The minimum Gasteiger partial charge on any atom is -0.398 e. The Balaban J connectivity index is 2.11. The smallest absolute Gasteiger partial charge is 0.140 e. The van der Waals surface area contributed by atoms with Crippen molar-refractivity contribution < 1.29 is 4.74 Å². The highest BCUT2D eigenvalue weighted by atomic mass is 16.5. The summed E-state index contributed by atoms with van der Waals surface area (Å²) in [5.74, 6) is 0.445. The summed E-state index contributed by atoms with van der Waals surface area (Å²) in [6.45, 7) is 3.67. The maximum absolute atomic E-state index is 5.81. The first-order valence-corrected chi connectivity index (χ1v) is 5.56. The van der Waals surface area contributed by atoms with Crippen molar-refractivity contribution in [2.24, 2.45) is 0 Å². The van der Waals surface area contributed by atoms with E-state index in [0.717, 1.165) is 42.2 Å². The fourth-order valence-electron chi connectivity index (χ4n) is 2.28. The van der Waals surface area contributed by atoms with Gasteiger partial charge < -0.3 is 14.9 Å². The second kappa shape index (κ2) is 3.49. The van der Waals surface area contributed by atoms with E-state index in [1.165, 1.54) is 0 Å². The second-order valence-electron chi connectivity index (χ2n) is 4.41. The van der Waals surface area contributed by atoms with E-state index < -0.39 is 0 Å². The van der Waals surface area contributed by atoms with Crippen LogP contribution in [0, 0.1) is 6.92 Å². The van der Waals surface area contributed by atoms with Crippen LogP contribution in [0.5, 0.6) is 0 Å². The molecule has 1 aliphatic rings. The average Bonchev–Trinajstić information content (AvgIpc) is 2.82. The summed E-state index contributed by atoms with van der Waals surface area (Å²) in [4.78, 5) is 4.66. The van der Waals surface area contributed by atoms with Crippen molar-refractivity contribution in [1.82, 2.24) is 9.38 Å². The van der Waals surface area contributed by atoms with E-state index in [4.69, 9.17) is 10.5 Å². The van der Waals surface area contributed by atoms with Crippen molar-refractivity contribution >= 4 is 11.3 Å². The number of anilines is 1. The minimum atomic E-state index is 0.445. The molecule has 0 amide bonds. The zero-order valence-electron chi connectivity index (χ0n) is 9.31. The molecule has 84 valence electrons. The number of hydrogen-bond acceptors (Lipinski definition) is 3. The lowest BCUT2D eigenvalue weighted by molar-refractivity contribution is 0.193. The fraction of sp³-hybridized carbons (Fsp3) is 0.417. The predicted molar refractivity (Wildman–Crippen MR) is 62.5 cm³/mol. The van der Waals surface area contributed by atoms with E-state index in [0.29, 0.717) is 5.92 Å². The largest absolute Gasteiger partial charge is 0.398 e. The summed E-state index contributed by atoms with van der Waals surface area (Å²) < 4.78 is 7.40. The van der Waals surface area contributed by atoms with E-state index in [-0.39, 0.29) is 0 Å². The molecule has 0 aromatic carbocycles. The summed E-state index contributed by atoms with van der Waals surface area (Å²) in [7, 11) is 0. The number of imidazole rings is 1. The molecule has 2 aromatic rings. The van der Waals surface area contributed by atoms with Gasteiger partial charge in [0, 0.05) is 30.6 Å². The molecule has 0 radical (unpaired) electrons. The Morgan fingerprint density at radius 3 is 3.12 bits per heavy atom. The molecule has 3 heterocycles. The van der Waals surface area contributed by atoms with Gasteiger partial charge in [-0.1, -0.05) is 0 Å². The van der Waals surface area contributed by atoms with Gasteiger partial charge in [-0.15, -0.1) is 0 Å². The number of pyridine rings is 1. The van der Waals surface area contributed by atoms with Crippen molar-refractivity contribution in [2.45, 2.75) is 19.3 Å². The van der Waals surface area contributed by atoms with Gasteiger partial charge in [0.05, 0.1) is 12.3 Å².